The number of benzene rings is 1. The first-order chi connectivity index (χ1) is 10.9. The van der Waals surface area contributed by atoms with Gasteiger partial charge in [-0.3, -0.25) is 9.59 Å². The van der Waals surface area contributed by atoms with Crippen molar-refractivity contribution in [2.45, 2.75) is 13.8 Å². The van der Waals surface area contributed by atoms with Crippen LogP contribution in [0.5, 0.6) is 0 Å². The second-order valence-corrected chi connectivity index (χ2v) is 4.77. The molecule has 0 unspecified atom stereocenters. The molecule has 1 heterocycles. The molecule has 1 aromatic carbocycles. The molecule has 120 valence electrons. The number of hydrogen-bond donors (Lipinski definition) is 1. The number of rotatable bonds is 5. The van der Waals surface area contributed by atoms with E-state index < -0.39 is 24.2 Å². The van der Waals surface area contributed by atoms with Crippen molar-refractivity contribution in [3.63, 3.8) is 0 Å². The first-order valence-electron chi connectivity index (χ1n) is 6.70. The van der Waals surface area contributed by atoms with Gasteiger partial charge in [-0.25, -0.2) is 9.18 Å². The lowest BCUT2D eigenvalue weighted by Gasteiger charge is -2.07. The number of hydrogen-bond acceptors (Lipinski definition) is 5. The monoisotopic (exact) mass is 319 g/mol. The molecule has 0 radical (unpaired) electrons. The Bertz CT molecular complexity index is 766. The zero-order chi connectivity index (χ0) is 17.0. The Kier molecular flexibility index (Phi) is 4.90. The predicted molar refractivity (Wildman–Crippen MR) is 78.8 cm³/mol. The van der Waals surface area contributed by atoms with Crippen molar-refractivity contribution >= 4 is 23.3 Å². The summed E-state index contributed by atoms with van der Waals surface area (Å²) < 4.78 is 23.7. The molecule has 0 bridgehead atoms. The summed E-state index contributed by atoms with van der Waals surface area (Å²) >= 11 is 0. The number of esters is 1. The van der Waals surface area contributed by atoms with Crippen molar-refractivity contribution in [3.8, 4) is 0 Å². The van der Waals surface area contributed by atoms with Gasteiger partial charge in [0.15, 0.2) is 6.61 Å². The SMILES string of the molecule is CC(=O)Nc1ccc(C(=O)COC(=O)c2ccoc2C)c(F)c1. The third kappa shape index (κ3) is 4.03. The second-order valence-electron chi connectivity index (χ2n) is 4.77. The van der Waals surface area contributed by atoms with Crippen molar-refractivity contribution in [1.82, 2.24) is 0 Å². The minimum Gasteiger partial charge on any atom is -0.469 e. The summed E-state index contributed by atoms with van der Waals surface area (Å²) in [6, 6.07) is 5.06. The lowest BCUT2D eigenvalue weighted by molar-refractivity contribution is -0.114. The highest BCUT2D eigenvalue weighted by Crippen LogP contribution is 2.16. The molecule has 0 atom stereocenters. The van der Waals surface area contributed by atoms with Gasteiger partial charge in [0, 0.05) is 12.6 Å². The normalized spacial score (nSPS) is 10.2. The molecule has 1 N–H and O–H groups in total. The van der Waals surface area contributed by atoms with Crippen LogP contribution in [0.3, 0.4) is 0 Å². The predicted octanol–water partition coefficient (Wildman–Crippen LogP) is 2.73. The van der Waals surface area contributed by atoms with Gasteiger partial charge in [-0.2, -0.15) is 0 Å². The number of ether oxygens (including phenoxy) is 1. The summed E-state index contributed by atoms with van der Waals surface area (Å²) in [5.41, 5.74) is 0.215. The van der Waals surface area contributed by atoms with Crippen LogP contribution < -0.4 is 5.32 Å². The molecule has 6 nitrogen and oxygen atoms in total. The largest absolute Gasteiger partial charge is 0.469 e. The van der Waals surface area contributed by atoms with E-state index in [1.807, 2.05) is 0 Å². The van der Waals surface area contributed by atoms with E-state index in [2.05, 4.69) is 5.32 Å². The average Bonchev–Trinajstić information content (AvgIpc) is 2.90. The Morgan fingerprint density at radius 1 is 1.22 bits per heavy atom. The van der Waals surface area contributed by atoms with E-state index >= 15 is 0 Å². The molecule has 0 saturated heterocycles. The smallest absolute Gasteiger partial charge is 0.342 e. The molecule has 0 fully saturated rings. The lowest BCUT2D eigenvalue weighted by Crippen LogP contribution is -2.16. The maximum atomic E-state index is 13.9. The first kappa shape index (κ1) is 16.4. The molecule has 2 rings (SSSR count). The number of carbonyl (C=O) groups excluding carboxylic acids is 3. The van der Waals surface area contributed by atoms with Crippen LogP contribution in [0, 0.1) is 12.7 Å². The van der Waals surface area contributed by atoms with Crippen molar-refractivity contribution in [3.05, 3.63) is 53.2 Å². The summed E-state index contributed by atoms with van der Waals surface area (Å²) in [6.45, 7) is 2.27. The molecule has 0 saturated carbocycles. The molecule has 0 spiro atoms. The zero-order valence-corrected chi connectivity index (χ0v) is 12.5. The maximum absolute atomic E-state index is 13.9. The number of anilines is 1. The molecule has 1 amide bonds. The van der Waals surface area contributed by atoms with E-state index in [-0.39, 0.29) is 22.7 Å². The Morgan fingerprint density at radius 3 is 2.52 bits per heavy atom. The van der Waals surface area contributed by atoms with E-state index in [1.165, 1.54) is 31.4 Å². The van der Waals surface area contributed by atoms with Gasteiger partial charge in [-0.1, -0.05) is 0 Å². The van der Waals surface area contributed by atoms with Crippen LogP contribution in [0.25, 0.3) is 0 Å². The highest BCUT2D eigenvalue weighted by Gasteiger charge is 2.17. The summed E-state index contributed by atoms with van der Waals surface area (Å²) in [5, 5.41) is 2.40. The summed E-state index contributed by atoms with van der Waals surface area (Å²) in [7, 11) is 0. The van der Waals surface area contributed by atoms with Crippen molar-refractivity contribution in [2.75, 3.05) is 11.9 Å². The van der Waals surface area contributed by atoms with Crippen LogP contribution in [0.4, 0.5) is 10.1 Å². The Balaban J connectivity index is 2.02. The van der Waals surface area contributed by atoms with E-state index in [0.717, 1.165) is 6.07 Å². The molecular formula is C16H14FNO5. The first-order valence-corrected chi connectivity index (χ1v) is 6.70. The third-order valence-corrected chi connectivity index (χ3v) is 3.00. The van der Waals surface area contributed by atoms with Crippen molar-refractivity contribution in [2.24, 2.45) is 0 Å². The van der Waals surface area contributed by atoms with Gasteiger partial charge in [0.05, 0.1) is 11.8 Å². The van der Waals surface area contributed by atoms with Crippen LogP contribution in [0.2, 0.25) is 0 Å². The van der Waals surface area contributed by atoms with Gasteiger partial charge < -0.3 is 14.5 Å². The molecular weight excluding hydrogens is 305 g/mol. The fourth-order valence-electron chi connectivity index (χ4n) is 1.91. The minimum atomic E-state index is -0.809. The van der Waals surface area contributed by atoms with Crippen molar-refractivity contribution < 1.29 is 27.9 Å². The summed E-state index contributed by atoms with van der Waals surface area (Å²) in [4.78, 5) is 34.6. The van der Waals surface area contributed by atoms with Crippen LogP contribution in [-0.2, 0) is 9.53 Å². The maximum Gasteiger partial charge on any atom is 0.342 e. The third-order valence-electron chi connectivity index (χ3n) is 3.00. The highest BCUT2D eigenvalue weighted by atomic mass is 19.1. The van der Waals surface area contributed by atoms with E-state index in [0.29, 0.717) is 5.76 Å². The van der Waals surface area contributed by atoms with E-state index in [4.69, 9.17) is 9.15 Å². The fourth-order valence-corrected chi connectivity index (χ4v) is 1.91. The highest BCUT2D eigenvalue weighted by molar-refractivity contribution is 6.00. The van der Waals surface area contributed by atoms with Gasteiger partial charge in [-0.05, 0) is 31.2 Å². The van der Waals surface area contributed by atoms with E-state index in [1.54, 1.807) is 6.92 Å². The molecule has 1 aromatic heterocycles. The van der Waals surface area contributed by atoms with Crippen LogP contribution >= 0.6 is 0 Å². The second kappa shape index (κ2) is 6.87. The lowest BCUT2D eigenvalue weighted by atomic mass is 10.1. The number of ketones is 1. The minimum absolute atomic E-state index is 0.208. The van der Waals surface area contributed by atoms with Gasteiger partial charge in [0.25, 0.3) is 0 Å². The van der Waals surface area contributed by atoms with Crippen LogP contribution in [0.1, 0.15) is 33.4 Å². The van der Waals surface area contributed by atoms with Crippen LogP contribution in [-0.4, -0.2) is 24.3 Å². The van der Waals surface area contributed by atoms with Gasteiger partial charge >= 0.3 is 5.97 Å². The number of amides is 1. The van der Waals surface area contributed by atoms with Gasteiger partial charge in [-0.15, -0.1) is 0 Å². The molecule has 0 aliphatic rings. The standard InChI is InChI=1S/C16H14FNO5/c1-9-12(5-6-22-9)16(21)23-8-15(20)13-4-3-11(7-14(13)17)18-10(2)19/h3-7H,8H2,1-2H3,(H,18,19). The number of aryl methyl sites for hydroxylation is 1. The van der Waals surface area contributed by atoms with E-state index in [9.17, 15) is 18.8 Å². The van der Waals surface area contributed by atoms with Gasteiger partial charge in [0.2, 0.25) is 11.7 Å². The summed E-state index contributed by atoms with van der Waals surface area (Å²) in [5.74, 6) is -2.20. The quantitative estimate of drug-likeness (QED) is 0.676. The number of furan rings is 1. The Labute approximate surface area is 131 Å². The van der Waals surface area contributed by atoms with Crippen LogP contribution in [0.15, 0.2) is 34.9 Å². The fraction of sp³-hybridized carbons (Fsp3) is 0.188. The Hall–Kier alpha value is -2.96. The number of Topliss-reactive ketones (excluding diaryl/α,β-unsaturated/α-hetero) is 1. The number of carbonyl (C=O) groups is 3. The molecule has 7 heteroatoms. The van der Waals surface area contributed by atoms with Crippen molar-refractivity contribution in [1.29, 1.82) is 0 Å². The zero-order valence-electron chi connectivity index (χ0n) is 12.5. The number of nitrogens with one attached hydrogen (secondary N) is 1. The van der Waals surface area contributed by atoms with Gasteiger partial charge in [0.1, 0.15) is 17.1 Å². The number of halogens is 1. The average molecular weight is 319 g/mol. The molecule has 23 heavy (non-hydrogen) atoms. The Morgan fingerprint density at radius 2 is 1.96 bits per heavy atom. The summed E-state index contributed by atoms with van der Waals surface area (Å²) in [6.07, 6.45) is 1.33. The topological polar surface area (TPSA) is 85.6 Å². The molecule has 0 aliphatic carbocycles. The molecule has 0 aliphatic heterocycles. The molecule has 2 aromatic rings.